The molecule has 0 radical (unpaired) electrons. The maximum Gasteiger partial charge on any atom is 0.309 e. The predicted octanol–water partition coefficient (Wildman–Crippen LogP) is 3.06. The van der Waals surface area contributed by atoms with E-state index in [0.717, 1.165) is 16.8 Å². The molecule has 0 saturated carbocycles. The van der Waals surface area contributed by atoms with Crippen LogP contribution < -0.4 is 0 Å². The molecule has 3 heterocycles. The third kappa shape index (κ3) is 5.09. The Labute approximate surface area is 184 Å². The minimum absolute atomic E-state index is 0.109. The molecule has 0 amide bonds. The summed E-state index contributed by atoms with van der Waals surface area (Å²) in [6, 6.07) is 12.9. The number of pyridine rings is 1. The number of nitrogens with zero attached hydrogens (tertiary/aromatic N) is 4. The lowest BCUT2D eigenvalue weighted by Crippen LogP contribution is -2.07. The molecule has 8 heteroatoms. The van der Waals surface area contributed by atoms with E-state index in [2.05, 4.69) is 27.0 Å². The zero-order valence-corrected chi connectivity index (χ0v) is 17.3. The fraction of sp³-hybridized carbons (Fsp3) is 0.167. The monoisotopic (exact) mass is 428 g/mol. The summed E-state index contributed by atoms with van der Waals surface area (Å²) in [5, 5.41) is 22.7. The van der Waals surface area contributed by atoms with Gasteiger partial charge >= 0.3 is 5.97 Å². The van der Waals surface area contributed by atoms with Crippen molar-refractivity contribution in [2.45, 2.75) is 26.0 Å². The molecule has 3 aromatic heterocycles. The summed E-state index contributed by atoms with van der Waals surface area (Å²) in [4.78, 5) is 19.0. The molecule has 0 aliphatic carbocycles. The van der Waals surface area contributed by atoms with Gasteiger partial charge in [0, 0.05) is 41.3 Å². The van der Waals surface area contributed by atoms with E-state index in [9.17, 15) is 9.90 Å². The van der Waals surface area contributed by atoms with Crippen molar-refractivity contribution in [3.63, 3.8) is 0 Å². The van der Waals surface area contributed by atoms with Crippen molar-refractivity contribution in [2.24, 2.45) is 0 Å². The normalized spacial score (nSPS) is 11.6. The summed E-state index contributed by atoms with van der Waals surface area (Å²) < 4.78 is 7.30. The van der Waals surface area contributed by atoms with Crippen LogP contribution in [-0.2, 0) is 17.8 Å². The molecule has 0 spiro atoms. The number of benzene rings is 1. The van der Waals surface area contributed by atoms with Crippen LogP contribution in [0.3, 0.4) is 0 Å². The maximum absolute atomic E-state index is 10.7. The molecule has 2 N–H and O–H groups in total. The molecule has 1 aromatic carbocycles. The number of aromatic nitrogens is 4. The van der Waals surface area contributed by atoms with Gasteiger partial charge in [0.15, 0.2) is 5.76 Å². The first-order valence-electron chi connectivity index (χ1n) is 9.92. The topological polar surface area (TPSA) is 114 Å². The molecule has 8 nitrogen and oxygen atoms in total. The fourth-order valence-electron chi connectivity index (χ4n) is 3.14. The number of aliphatic carboxylic acids is 1. The lowest BCUT2D eigenvalue weighted by atomic mass is 10.1. The van der Waals surface area contributed by atoms with Crippen LogP contribution in [0.5, 0.6) is 0 Å². The molecule has 160 valence electrons. The van der Waals surface area contributed by atoms with Gasteiger partial charge in [0.05, 0.1) is 18.7 Å². The molecule has 32 heavy (non-hydrogen) atoms. The van der Waals surface area contributed by atoms with Crippen molar-refractivity contribution in [1.29, 1.82) is 0 Å². The van der Waals surface area contributed by atoms with Crippen LogP contribution in [0.4, 0.5) is 0 Å². The van der Waals surface area contributed by atoms with Gasteiger partial charge in [0.1, 0.15) is 17.6 Å². The van der Waals surface area contributed by atoms with Crippen LogP contribution in [-0.4, -0.2) is 35.9 Å². The van der Waals surface area contributed by atoms with Crippen molar-refractivity contribution in [3.8, 4) is 23.2 Å². The van der Waals surface area contributed by atoms with Crippen molar-refractivity contribution in [1.82, 2.24) is 19.7 Å². The highest BCUT2D eigenvalue weighted by atomic mass is 16.5. The summed E-state index contributed by atoms with van der Waals surface area (Å²) >= 11 is 0. The van der Waals surface area contributed by atoms with Crippen molar-refractivity contribution in [3.05, 3.63) is 89.4 Å². The van der Waals surface area contributed by atoms with Crippen LogP contribution >= 0.6 is 0 Å². The van der Waals surface area contributed by atoms with E-state index < -0.39 is 12.1 Å². The van der Waals surface area contributed by atoms with E-state index in [0.29, 0.717) is 29.4 Å². The SMILES string of the molecule is CC(O)c1nccn1Cc1cc(-c2ccc(C#Cc3ccc(CC(=O)O)nc3)cc2)on1. The van der Waals surface area contributed by atoms with E-state index in [1.54, 1.807) is 37.6 Å². The first-order chi connectivity index (χ1) is 15.5. The number of carboxylic acid groups (broad SMARTS) is 1. The minimum atomic E-state index is -0.915. The molecule has 0 saturated heterocycles. The van der Waals surface area contributed by atoms with Gasteiger partial charge in [-0.15, -0.1) is 0 Å². The molecular formula is C24H20N4O4. The summed E-state index contributed by atoms with van der Waals surface area (Å²) in [5.74, 6) is 6.38. The molecule has 0 bridgehead atoms. The van der Waals surface area contributed by atoms with Gasteiger partial charge in [-0.3, -0.25) is 9.78 Å². The highest BCUT2D eigenvalue weighted by Gasteiger charge is 2.12. The first kappa shape index (κ1) is 21.0. The van der Waals surface area contributed by atoms with E-state index in [-0.39, 0.29) is 6.42 Å². The molecule has 1 unspecified atom stereocenters. The second-order valence-electron chi connectivity index (χ2n) is 7.21. The van der Waals surface area contributed by atoms with Crippen molar-refractivity contribution >= 4 is 5.97 Å². The summed E-state index contributed by atoms with van der Waals surface area (Å²) in [6.45, 7) is 2.12. The molecular weight excluding hydrogens is 408 g/mol. The second-order valence-corrected chi connectivity index (χ2v) is 7.21. The number of imidazole rings is 1. The Morgan fingerprint density at radius 3 is 2.53 bits per heavy atom. The predicted molar refractivity (Wildman–Crippen MR) is 115 cm³/mol. The number of carboxylic acids is 1. The van der Waals surface area contributed by atoms with Gasteiger partial charge in [-0.2, -0.15) is 0 Å². The smallest absolute Gasteiger partial charge is 0.309 e. The Morgan fingerprint density at radius 2 is 1.84 bits per heavy atom. The van der Waals surface area contributed by atoms with Crippen LogP contribution in [0.15, 0.2) is 65.6 Å². The highest BCUT2D eigenvalue weighted by molar-refractivity contribution is 5.69. The largest absolute Gasteiger partial charge is 0.481 e. The Kier molecular flexibility index (Phi) is 6.10. The van der Waals surface area contributed by atoms with E-state index >= 15 is 0 Å². The molecule has 0 fully saturated rings. The standard InChI is InChI=1S/C24H20N4O4/c1-16(29)24-25-10-11-28(24)15-21-12-22(32-27-21)19-7-4-17(5-8-19)2-3-18-6-9-20(26-14-18)13-23(30)31/h4-12,14,16,29H,13,15H2,1H3,(H,30,31). The minimum Gasteiger partial charge on any atom is -0.481 e. The van der Waals surface area contributed by atoms with Crippen LogP contribution in [0.25, 0.3) is 11.3 Å². The van der Waals surface area contributed by atoms with Gasteiger partial charge in [-0.1, -0.05) is 17.0 Å². The second kappa shape index (κ2) is 9.29. The van der Waals surface area contributed by atoms with Gasteiger partial charge in [-0.05, 0) is 43.3 Å². The summed E-state index contributed by atoms with van der Waals surface area (Å²) in [6.07, 6.45) is 4.23. The number of hydrogen-bond donors (Lipinski definition) is 2. The Bertz CT molecular complexity index is 1280. The number of aliphatic hydroxyl groups excluding tert-OH is 1. The number of carbonyl (C=O) groups is 1. The van der Waals surface area contributed by atoms with E-state index in [1.807, 2.05) is 34.9 Å². The maximum atomic E-state index is 10.7. The van der Waals surface area contributed by atoms with E-state index in [1.165, 1.54) is 0 Å². The quantitative estimate of drug-likeness (QED) is 0.454. The number of aliphatic hydroxyl groups is 1. The van der Waals surface area contributed by atoms with Gasteiger partial charge < -0.3 is 19.3 Å². The zero-order valence-electron chi connectivity index (χ0n) is 17.3. The van der Waals surface area contributed by atoms with Gasteiger partial charge in [-0.25, -0.2) is 4.98 Å². The van der Waals surface area contributed by atoms with Crippen LogP contribution in [0.2, 0.25) is 0 Å². The first-order valence-corrected chi connectivity index (χ1v) is 9.92. The molecule has 4 rings (SSSR count). The third-order valence-corrected chi connectivity index (χ3v) is 4.69. The molecule has 1 atom stereocenters. The average Bonchev–Trinajstić information content (AvgIpc) is 3.43. The van der Waals surface area contributed by atoms with Gasteiger partial charge in [0.25, 0.3) is 0 Å². The number of rotatable bonds is 6. The highest BCUT2D eigenvalue weighted by Crippen LogP contribution is 2.22. The van der Waals surface area contributed by atoms with Crippen LogP contribution in [0.1, 0.15) is 41.4 Å². The molecule has 4 aromatic rings. The lowest BCUT2D eigenvalue weighted by Gasteiger charge is -2.07. The third-order valence-electron chi connectivity index (χ3n) is 4.69. The van der Waals surface area contributed by atoms with Crippen molar-refractivity contribution in [2.75, 3.05) is 0 Å². The summed E-state index contributed by atoms with van der Waals surface area (Å²) in [5.41, 5.74) is 3.62. The Hall–Kier alpha value is -4.22. The van der Waals surface area contributed by atoms with Gasteiger partial charge in [0.2, 0.25) is 0 Å². The lowest BCUT2D eigenvalue weighted by molar-refractivity contribution is -0.136. The fourth-order valence-corrected chi connectivity index (χ4v) is 3.14. The zero-order chi connectivity index (χ0) is 22.5. The molecule has 0 aliphatic heterocycles. The average molecular weight is 428 g/mol. The van der Waals surface area contributed by atoms with E-state index in [4.69, 9.17) is 9.63 Å². The Morgan fingerprint density at radius 1 is 1.09 bits per heavy atom. The van der Waals surface area contributed by atoms with Crippen LogP contribution in [0, 0.1) is 11.8 Å². The Balaban J connectivity index is 1.43. The number of hydrogen-bond acceptors (Lipinski definition) is 6. The van der Waals surface area contributed by atoms with Crippen molar-refractivity contribution < 1.29 is 19.5 Å². The molecule has 0 aliphatic rings. The summed E-state index contributed by atoms with van der Waals surface area (Å²) in [7, 11) is 0.